The van der Waals surface area contributed by atoms with Gasteiger partial charge >= 0.3 is 6.18 Å². The molecule has 5 rings (SSSR count). The Morgan fingerprint density at radius 3 is 1.85 bits per heavy atom. The first kappa shape index (κ1) is 25.7. The van der Waals surface area contributed by atoms with Gasteiger partial charge in [-0.1, -0.05) is 42.5 Å². The predicted octanol–water partition coefficient (Wildman–Crippen LogP) is 8.69. The van der Waals surface area contributed by atoms with Crippen LogP contribution in [0.3, 0.4) is 0 Å². The minimum atomic E-state index is -4.52. The predicted molar refractivity (Wildman–Crippen MR) is 144 cm³/mol. The van der Waals surface area contributed by atoms with E-state index in [0.29, 0.717) is 45.0 Å². The largest absolute Gasteiger partial charge is 0.497 e. The topological polar surface area (TPSA) is 65.3 Å². The number of pyridine rings is 1. The van der Waals surface area contributed by atoms with Crippen LogP contribution in [0.1, 0.15) is 5.56 Å². The maximum atomic E-state index is 13.6. The number of aromatic nitrogens is 1. The summed E-state index contributed by atoms with van der Waals surface area (Å²) in [5.41, 5.74) is 3.80. The maximum Gasteiger partial charge on any atom is 0.416 e. The van der Waals surface area contributed by atoms with E-state index in [-0.39, 0.29) is 5.69 Å². The van der Waals surface area contributed by atoms with Crippen LogP contribution in [0, 0.1) is 10.1 Å². The van der Waals surface area contributed by atoms with Crippen LogP contribution in [-0.2, 0) is 6.18 Å². The number of nitrogens with zero attached hydrogens (tertiary/aromatic N) is 2. The van der Waals surface area contributed by atoms with Crippen LogP contribution in [0.2, 0.25) is 0 Å². The molecular weight excluding hydrogens is 505 g/mol. The van der Waals surface area contributed by atoms with E-state index in [4.69, 9.17) is 9.72 Å². The highest BCUT2D eigenvalue weighted by Gasteiger charge is 2.31. The molecule has 194 valence electrons. The summed E-state index contributed by atoms with van der Waals surface area (Å²) in [6.07, 6.45) is -4.52. The zero-order chi connectivity index (χ0) is 27.6. The van der Waals surface area contributed by atoms with E-state index in [9.17, 15) is 23.3 Å². The van der Waals surface area contributed by atoms with Crippen molar-refractivity contribution in [1.82, 2.24) is 4.98 Å². The van der Waals surface area contributed by atoms with Crippen molar-refractivity contribution in [2.24, 2.45) is 0 Å². The second kappa shape index (κ2) is 10.4. The van der Waals surface area contributed by atoms with E-state index in [0.717, 1.165) is 17.7 Å². The zero-order valence-corrected chi connectivity index (χ0v) is 20.6. The number of ether oxygens (including phenoxy) is 1. The van der Waals surface area contributed by atoms with E-state index in [1.165, 1.54) is 18.2 Å². The monoisotopic (exact) mass is 526 g/mol. The minimum Gasteiger partial charge on any atom is -0.497 e. The van der Waals surface area contributed by atoms with Crippen LogP contribution in [-0.4, -0.2) is 17.0 Å². The van der Waals surface area contributed by atoms with Gasteiger partial charge in [-0.05, 0) is 65.7 Å². The Morgan fingerprint density at radius 1 is 0.692 bits per heavy atom. The van der Waals surface area contributed by atoms with Crippen molar-refractivity contribution >= 4 is 5.69 Å². The van der Waals surface area contributed by atoms with Crippen LogP contribution >= 0.6 is 0 Å². The Labute approximate surface area is 222 Å². The van der Waals surface area contributed by atoms with Crippen molar-refractivity contribution in [2.75, 3.05) is 7.11 Å². The van der Waals surface area contributed by atoms with E-state index < -0.39 is 16.7 Å². The normalized spacial score (nSPS) is 11.3. The number of hydrogen-bond acceptors (Lipinski definition) is 4. The van der Waals surface area contributed by atoms with Crippen LogP contribution in [0.4, 0.5) is 18.9 Å². The summed E-state index contributed by atoms with van der Waals surface area (Å²) in [6.45, 7) is 0. The molecule has 5 nitrogen and oxygen atoms in total. The van der Waals surface area contributed by atoms with Crippen LogP contribution in [0.15, 0.2) is 109 Å². The SMILES string of the molecule is COc1ccc(-c2nc(-c3ccccc3)c(-c3ccc([N+](=O)[O-])cc3)cc2-c2cccc(C(F)(F)F)c2)cc1. The lowest BCUT2D eigenvalue weighted by Crippen LogP contribution is -2.05. The van der Waals surface area contributed by atoms with Crippen molar-refractivity contribution in [3.63, 3.8) is 0 Å². The Bertz CT molecular complexity index is 1630. The first-order valence-electron chi connectivity index (χ1n) is 11.9. The third-order valence-corrected chi connectivity index (χ3v) is 6.32. The average molecular weight is 527 g/mol. The molecule has 0 amide bonds. The summed E-state index contributed by atoms with van der Waals surface area (Å²) in [5.74, 6) is 0.630. The standard InChI is InChI=1S/C31H21F3N2O3/c1-39-26-16-12-22(13-17-26)30-28(23-8-5-9-24(18-23)31(32,33)34)19-27(20-10-14-25(15-11-20)36(37)38)29(35-30)21-6-3-2-4-7-21/h2-19H,1H3. The second-order valence-electron chi connectivity index (χ2n) is 8.76. The summed E-state index contributed by atoms with van der Waals surface area (Å²) in [4.78, 5) is 15.8. The molecule has 39 heavy (non-hydrogen) atoms. The lowest BCUT2D eigenvalue weighted by atomic mass is 9.91. The fraction of sp³-hybridized carbons (Fsp3) is 0.0645. The number of nitro benzene ring substituents is 1. The summed E-state index contributed by atoms with van der Waals surface area (Å²) in [7, 11) is 1.55. The fourth-order valence-electron chi connectivity index (χ4n) is 4.36. The van der Waals surface area contributed by atoms with Gasteiger partial charge in [-0.25, -0.2) is 4.98 Å². The smallest absolute Gasteiger partial charge is 0.416 e. The fourth-order valence-corrected chi connectivity index (χ4v) is 4.36. The first-order chi connectivity index (χ1) is 18.7. The molecule has 0 spiro atoms. The quantitative estimate of drug-likeness (QED) is 0.164. The van der Waals surface area contributed by atoms with Gasteiger partial charge in [0.1, 0.15) is 5.75 Å². The highest BCUT2D eigenvalue weighted by molar-refractivity contribution is 5.91. The number of benzene rings is 4. The van der Waals surface area contributed by atoms with Gasteiger partial charge in [0.2, 0.25) is 0 Å². The van der Waals surface area contributed by atoms with Crippen molar-refractivity contribution in [1.29, 1.82) is 0 Å². The number of halogens is 3. The van der Waals surface area contributed by atoms with Gasteiger partial charge in [-0.2, -0.15) is 13.2 Å². The molecule has 0 bridgehead atoms. The lowest BCUT2D eigenvalue weighted by Gasteiger charge is -2.18. The van der Waals surface area contributed by atoms with Crippen molar-refractivity contribution in [3.8, 4) is 50.5 Å². The third kappa shape index (κ3) is 5.36. The van der Waals surface area contributed by atoms with Crippen LogP contribution in [0.25, 0.3) is 44.8 Å². The van der Waals surface area contributed by atoms with E-state index >= 15 is 0 Å². The molecular formula is C31H21F3N2O3. The van der Waals surface area contributed by atoms with Gasteiger partial charge in [-0.15, -0.1) is 0 Å². The van der Waals surface area contributed by atoms with E-state index in [2.05, 4.69) is 0 Å². The highest BCUT2D eigenvalue weighted by atomic mass is 19.4. The molecule has 1 heterocycles. The molecule has 1 aromatic heterocycles. The zero-order valence-electron chi connectivity index (χ0n) is 20.6. The van der Waals surface area contributed by atoms with Gasteiger partial charge in [-0.3, -0.25) is 10.1 Å². The highest BCUT2D eigenvalue weighted by Crippen LogP contribution is 2.41. The second-order valence-corrected chi connectivity index (χ2v) is 8.76. The molecule has 0 saturated carbocycles. The summed E-state index contributed by atoms with van der Waals surface area (Å²) in [5, 5.41) is 11.2. The summed E-state index contributed by atoms with van der Waals surface area (Å²) in [6, 6.07) is 29.4. The van der Waals surface area contributed by atoms with E-state index in [1.807, 2.05) is 30.3 Å². The lowest BCUT2D eigenvalue weighted by molar-refractivity contribution is -0.384. The number of rotatable bonds is 6. The maximum absolute atomic E-state index is 13.6. The van der Waals surface area contributed by atoms with Crippen molar-refractivity contribution in [2.45, 2.75) is 6.18 Å². The van der Waals surface area contributed by atoms with Gasteiger partial charge < -0.3 is 4.74 Å². The number of methoxy groups -OCH3 is 1. The van der Waals surface area contributed by atoms with Crippen LogP contribution in [0.5, 0.6) is 5.75 Å². The van der Waals surface area contributed by atoms with E-state index in [1.54, 1.807) is 55.6 Å². The molecule has 0 N–H and O–H groups in total. The molecule has 0 atom stereocenters. The summed E-state index contributed by atoms with van der Waals surface area (Å²) >= 11 is 0. The number of alkyl halides is 3. The molecule has 0 unspecified atom stereocenters. The Kier molecular flexibility index (Phi) is 6.85. The Hall–Kier alpha value is -4.98. The number of hydrogen-bond donors (Lipinski definition) is 0. The number of non-ortho nitro benzene ring substituents is 1. The molecule has 0 saturated heterocycles. The Morgan fingerprint density at radius 2 is 1.26 bits per heavy atom. The van der Waals surface area contributed by atoms with Crippen molar-refractivity contribution < 1.29 is 22.8 Å². The van der Waals surface area contributed by atoms with Crippen molar-refractivity contribution in [3.05, 3.63) is 125 Å². The van der Waals surface area contributed by atoms with Gasteiger partial charge in [0.05, 0.1) is 29.0 Å². The molecule has 5 aromatic rings. The minimum absolute atomic E-state index is 0.0686. The molecule has 0 aliphatic heterocycles. The number of nitro groups is 1. The molecule has 0 aliphatic carbocycles. The van der Waals surface area contributed by atoms with Gasteiger partial charge in [0.25, 0.3) is 5.69 Å². The molecule has 0 radical (unpaired) electrons. The first-order valence-corrected chi connectivity index (χ1v) is 11.9. The molecule has 0 aliphatic rings. The molecule has 8 heteroatoms. The van der Waals surface area contributed by atoms with Crippen LogP contribution < -0.4 is 4.74 Å². The third-order valence-electron chi connectivity index (χ3n) is 6.32. The summed E-state index contributed by atoms with van der Waals surface area (Å²) < 4.78 is 46.2. The van der Waals surface area contributed by atoms with Gasteiger partial charge in [0, 0.05) is 34.4 Å². The Balaban J connectivity index is 1.82. The molecule has 0 fully saturated rings. The molecule has 4 aromatic carbocycles. The average Bonchev–Trinajstić information content (AvgIpc) is 2.96. The van der Waals surface area contributed by atoms with Gasteiger partial charge in [0.15, 0.2) is 0 Å².